The van der Waals surface area contributed by atoms with Crippen molar-refractivity contribution in [3.05, 3.63) is 59.1 Å². The van der Waals surface area contributed by atoms with Gasteiger partial charge in [-0.15, -0.1) is 0 Å². The highest BCUT2D eigenvalue weighted by Crippen LogP contribution is 2.28. The Hall–Kier alpha value is -2.93. The fourth-order valence-electron chi connectivity index (χ4n) is 4.49. The summed E-state index contributed by atoms with van der Waals surface area (Å²) in [6, 6.07) is 10.1. The van der Waals surface area contributed by atoms with Crippen LogP contribution in [-0.2, 0) is 19.4 Å². The van der Waals surface area contributed by atoms with E-state index in [0.717, 1.165) is 44.5 Å². The first-order valence-corrected chi connectivity index (χ1v) is 16.2. The number of hydrazone groups is 1. The molecule has 4 rings (SSSR count). The Morgan fingerprint density at radius 2 is 1.95 bits per heavy atom. The van der Waals surface area contributed by atoms with Gasteiger partial charge in [0.1, 0.15) is 5.03 Å². The predicted molar refractivity (Wildman–Crippen MR) is 161 cm³/mol. The molecule has 1 aromatic heterocycles. The zero-order valence-electron chi connectivity index (χ0n) is 24.0. The maximum atomic E-state index is 13.5. The van der Waals surface area contributed by atoms with Crippen LogP contribution in [0.1, 0.15) is 36.8 Å². The summed E-state index contributed by atoms with van der Waals surface area (Å²) in [6.07, 6.45) is 3.36. The zero-order chi connectivity index (χ0) is 29.4. The number of nitrogens with zero attached hydrogens (tertiary/aromatic N) is 4. The minimum absolute atomic E-state index is 0.199. The van der Waals surface area contributed by atoms with E-state index in [0.29, 0.717) is 41.1 Å². The number of nitrogens with one attached hydrogen (secondary N) is 1. The van der Waals surface area contributed by atoms with Crippen LogP contribution in [0.15, 0.2) is 63.0 Å². The van der Waals surface area contributed by atoms with E-state index in [1.165, 1.54) is 23.9 Å². The Bertz CT molecular complexity index is 1350. The van der Waals surface area contributed by atoms with Gasteiger partial charge in [-0.2, -0.15) is 5.10 Å². The molecule has 2 saturated heterocycles. The number of thioether (sulfide) groups is 1. The zero-order valence-corrected chi connectivity index (χ0v) is 25.6. The van der Waals surface area contributed by atoms with Gasteiger partial charge in [0.25, 0.3) is 5.91 Å². The van der Waals surface area contributed by atoms with E-state index in [4.69, 9.17) is 9.47 Å². The molecule has 0 aliphatic carbocycles. The molecule has 2 aromatic rings. The summed E-state index contributed by atoms with van der Waals surface area (Å²) in [5, 5.41) is 9.89. The molecule has 3 heterocycles. The molecule has 0 unspecified atom stereocenters. The van der Waals surface area contributed by atoms with E-state index in [1.807, 2.05) is 38.2 Å². The lowest BCUT2D eigenvalue weighted by Gasteiger charge is -2.16. The number of sulfone groups is 1. The molecule has 2 aliphatic heterocycles. The molecule has 1 amide bonds. The van der Waals surface area contributed by atoms with E-state index < -0.39 is 21.0 Å². The van der Waals surface area contributed by atoms with Gasteiger partial charge in [-0.25, -0.2) is 13.4 Å². The molecule has 0 radical (unpaired) electrons. The minimum Gasteiger partial charge on any atom is -0.478 e. The monoisotopic (exact) mass is 601 g/mol. The van der Waals surface area contributed by atoms with Gasteiger partial charge < -0.3 is 19.7 Å². The third kappa shape index (κ3) is 8.54. The number of pyridine rings is 1. The van der Waals surface area contributed by atoms with Crippen LogP contribution < -0.4 is 10.1 Å². The highest BCUT2D eigenvalue weighted by Gasteiger charge is 2.31. The van der Waals surface area contributed by atoms with Gasteiger partial charge in [0, 0.05) is 37.9 Å². The SMILES string of the molecule is C=C(NC(=O)/C(=N/N1CCCC1)c1ccc(S(=O)(=O)[C@H]2CCOC2)cc1)Sc1nc(OCCCN(C)C)ccc1C. The smallest absolute Gasteiger partial charge is 0.277 e. The average Bonchev–Trinajstić information content (AvgIpc) is 3.67. The van der Waals surface area contributed by atoms with Crippen molar-refractivity contribution in [2.45, 2.75) is 47.8 Å². The molecule has 222 valence electrons. The van der Waals surface area contributed by atoms with E-state index in [9.17, 15) is 13.2 Å². The highest BCUT2D eigenvalue weighted by molar-refractivity contribution is 8.03. The number of carbonyl (C=O) groups excluding carboxylic acids is 1. The fraction of sp³-hybridized carbons (Fsp3) is 0.483. The van der Waals surface area contributed by atoms with Crippen LogP contribution in [0.25, 0.3) is 0 Å². The van der Waals surface area contributed by atoms with E-state index in [1.54, 1.807) is 12.1 Å². The van der Waals surface area contributed by atoms with Gasteiger partial charge in [-0.1, -0.05) is 36.5 Å². The van der Waals surface area contributed by atoms with Crippen molar-refractivity contribution in [1.29, 1.82) is 0 Å². The number of hydrogen-bond acceptors (Lipinski definition) is 10. The Labute approximate surface area is 247 Å². The van der Waals surface area contributed by atoms with Crippen LogP contribution in [-0.4, -0.2) is 93.7 Å². The van der Waals surface area contributed by atoms with Crippen LogP contribution in [0.4, 0.5) is 0 Å². The van der Waals surface area contributed by atoms with Gasteiger partial charge in [0.05, 0.1) is 28.4 Å². The summed E-state index contributed by atoms with van der Waals surface area (Å²) in [6.45, 7) is 9.61. The fourth-order valence-corrected chi connectivity index (χ4v) is 6.82. The number of aryl methyl sites for hydroxylation is 1. The van der Waals surface area contributed by atoms with Gasteiger partial charge in [-0.3, -0.25) is 9.80 Å². The second-order valence-corrected chi connectivity index (χ2v) is 13.7. The van der Waals surface area contributed by atoms with Crippen molar-refractivity contribution in [3.8, 4) is 5.88 Å². The Morgan fingerprint density at radius 1 is 1.22 bits per heavy atom. The second-order valence-electron chi connectivity index (χ2n) is 10.4. The third-order valence-electron chi connectivity index (χ3n) is 6.82. The highest BCUT2D eigenvalue weighted by atomic mass is 32.2. The first-order chi connectivity index (χ1) is 19.6. The van der Waals surface area contributed by atoms with E-state index in [-0.39, 0.29) is 17.2 Å². The summed E-state index contributed by atoms with van der Waals surface area (Å²) in [4.78, 5) is 20.4. The summed E-state index contributed by atoms with van der Waals surface area (Å²) >= 11 is 1.25. The summed E-state index contributed by atoms with van der Waals surface area (Å²) in [5.74, 6) is 0.0921. The Kier molecular flexibility index (Phi) is 10.8. The lowest BCUT2D eigenvalue weighted by molar-refractivity contribution is -0.114. The summed E-state index contributed by atoms with van der Waals surface area (Å²) in [7, 11) is 0.532. The predicted octanol–water partition coefficient (Wildman–Crippen LogP) is 3.46. The normalized spacial score (nSPS) is 17.7. The van der Waals surface area contributed by atoms with Gasteiger partial charge in [0.15, 0.2) is 15.5 Å². The van der Waals surface area contributed by atoms with Crippen molar-refractivity contribution < 1.29 is 22.7 Å². The molecular formula is C29H39N5O5S2. The lowest BCUT2D eigenvalue weighted by Crippen LogP contribution is -2.32. The number of benzene rings is 1. The van der Waals surface area contributed by atoms with E-state index >= 15 is 0 Å². The van der Waals surface area contributed by atoms with Crippen molar-refractivity contribution in [2.24, 2.45) is 5.10 Å². The summed E-state index contributed by atoms with van der Waals surface area (Å²) in [5.41, 5.74) is 1.65. The second kappa shape index (κ2) is 14.3. The first kappa shape index (κ1) is 31.0. The van der Waals surface area contributed by atoms with Crippen molar-refractivity contribution in [2.75, 3.05) is 53.6 Å². The number of carbonyl (C=O) groups is 1. The molecule has 0 bridgehead atoms. The van der Waals surface area contributed by atoms with Crippen molar-refractivity contribution in [1.82, 2.24) is 20.2 Å². The van der Waals surface area contributed by atoms with Crippen molar-refractivity contribution >= 4 is 33.2 Å². The minimum atomic E-state index is -3.51. The molecule has 12 heteroatoms. The molecule has 2 fully saturated rings. The molecule has 0 spiro atoms. The number of rotatable bonds is 13. The molecule has 2 aliphatic rings. The molecule has 1 aromatic carbocycles. The van der Waals surface area contributed by atoms with Gasteiger partial charge >= 0.3 is 0 Å². The quantitative estimate of drug-likeness (QED) is 0.210. The standard InChI is InChI=1S/C29H39N5O5S2/c1-21-8-13-26(39-18-7-15-33(3)4)31-29(21)40-22(2)30-28(35)27(32-34-16-5-6-17-34)23-9-11-24(12-10-23)41(36,37)25-14-19-38-20-25/h8-13,25H,2,5-7,14-20H2,1,3-4H3,(H,30,35)/b32-27+/t25-/m0/s1. The van der Waals surface area contributed by atoms with Gasteiger partial charge in [0.2, 0.25) is 5.88 Å². The van der Waals surface area contributed by atoms with Crippen molar-refractivity contribution in [3.63, 3.8) is 0 Å². The lowest BCUT2D eigenvalue weighted by atomic mass is 10.1. The average molecular weight is 602 g/mol. The van der Waals surface area contributed by atoms with Crippen LogP contribution in [0.2, 0.25) is 0 Å². The molecule has 0 saturated carbocycles. The van der Waals surface area contributed by atoms with E-state index in [2.05, 4.69) is 26.9 Å². The van der Waals surface area contributed by atoms with Crippen LogP contribution >= 0.6 is 11.8 Å². The molecule has 10 nitrogen and oxygen atoms in total. The largest absolute Gasteiger partial charge is 0.478 e. The molecule has 1 atom stereocenters. The summed E-state index contributed by atoms with van der Waals surface area (Å²) < 4.78 is 37.0. The third-order valence-corrected chi connectivity index (χ3v) is 9.95. The van der Waals surface area contributed by atoms with Crippen LogP contribution in [0.3, 0.4) is 0 Å². The molecular weight excluding hydrogens is 562 g/mol. The number of hydrogen-bond donors (Lipinski definition) is 1. The maximum absolute atomic E-state index is 13.5. The molecule has 41 heavy (non-hydrogen) atoms. The maximum Gasteiger partial charge on any atom is 0.277 e. The van der Waals surface area contributed by atoms with Crippen LogP contribution in [0.5, 0.6) is 5.88 Å². The van der Waals surface area contributed by atoms with Gasteiger partial charge in [-0.05, 0) is 64.4 Å². The number of ether oxygens (including phenoxy) is 2. The Morgan fingerprint density at radius 3 is 2.61 bits per heavy atom. The number of aromatic nitrogens is 1. The topological polar surface area (TPSA) is 113 Å². The Balaban J connectivity index is 1.46. The number of amides is 1. The molecule has 1 N–H and O–H groups in total. The van der Waals surface area contributed by atoms with Crippen LogP contribution in [0, 0.1) is 6.92 Å². The first-order valence-electron chi connectivity index (χ1n) is 13.8.